The molecule has 1 unspecified atom stereocenters. The summed E-state index contributed by atoms with van der Waals surface area (Å²) in [5.74, 6) is -4.51. The van der Waals surface area contributed by atoms with Gasteiger partial charge in [0.15, 0.2) is 12.1 Å². The van der Waals surface area contributed by atoms with Gasteiger partial charge in [0.25, 0.3) is 5.91 Å². The topological polar surface area (TPSA) is 194 Å². The fourth-order valence-electron chi connectivity index (χ4n) is 6.95. The van der Waals surface area contributed by atoms with E-state index >= 15 is 0 Å². The third-order valence-corrected chi connectivity index (χ3v) is 9.50. The number of carbonyl (C=O) groups is 5. The van der Waals surface area contributed by atoms with E-state index < -0.39 is 29.6 Å². The van der Waals surface area contributed by atoms with Crippen LogP contribution in [0.5, 0.6) is 0 Å². The van der Waals surface area contributed by atoms with Crippen LogP contribution in [0.2, 0.25) is 0 Å². The Kier molecular flexibility index (Phi) is 9.08. The largest absolute Gasteiger partial charge is 0.481 e. The van der Waals surface area contributed by atoms with Crippen LogP contribution >= 0.6 is 0 Å². The highest BCUT2D eigenvalue weighted by molar-refractivity contribution is 6.14. The Morgan fingerprint density at radius 1 is 0.936 bits per heavy atom. The van der Waals surface area contributed by atoms with Gasteiger partial charge < -0.3 is 35.2 Å². The summed E-state index contributed by atoms with van der Waals surface area (Å²) in [5.41, 5.74) is 9.02. The van der Waals surface area contributed by atoms with Gasteiger partial charge in [-0.15, -0.1) is 0 Å². The second kappa shape index (κ2) is 12.9. The first-order chi connectivity index (χ1) is 22.4. The molecule has 0 bridgehead atoms. The smallest absolute Gasteiger partial charge is 0.317 e. The number of aldehydes is 1. The van der Waals surface area contributed by atoms with E-state index in [4.69, 9.17) is 4.74 Å². The highest BCUT2D eigenvalue weighted by atomic mass is 16.5. The minimum absolute atomic E-state index is 0.108. The number of aliphatic carboxylic acids is 1. The van der Waals surface area contributed by atoms with Gasteiger partial charge in [0, 0.05) is 64.8 Å². The predicted octanol–water partition coefficient (Wildman–Crippen LogP) is 3.64. The Morgan fingerprint density at radius 3 is 2.23 bits per heavy atom. The van der Waals surface area contributed by atoms with Crippen LogP contribution in [-0.2, 0) is 38.4 Å². The average Bonchev–Trinajstić information content (AvgIpc) is 3.77. The number of allylic oxidation sites excluding steroid dienone is 1. The molecular weight excluding hydrogens is 604 g/mol. The zero-order valence-electron chi connectivity index (χ0n) is 27.0. The van der Waals surface area contributed by atoms with E-state index in [9.17, 15) is 34.2 Å². The molecule has 0 aromatic carbocycles. The maximum atomic E-state index is 14.0. The zero-order valence-corrected chi connectivity index (χ0v) is 27.0. The van der Waals surface area contributed by atoms with E-state index in [2.05, 4.69) is 26.8 Å². The molecule has 0 radical (unpaired) electrons. The van der Waals surface area contributed by atoms with Gasteiger partial charge in [0.1, 0.15) is 5.92 Å². The van der Waals surface area contributed by atoms with E-state index in [1.165, 1.54) is 13.2 Å². The van der Waals surface area contributed by atoms with Crippen LogP contribution in [0.1, 0.15) is 96.4 Å². The number of fused-ring (bicyclic) bond motifs is 1. The Labute approximate surface area is 271 Å². The molecule has 2 aliphatic rings. The van der Waals surface area contributed by atoms with Gasteiger partial charge in [-0.25, -0.2) is 0 Å². The van der Waals surface area contributed by atoms with Gasteiger partial charge in [0.05, 0.1) is 18.7 Å². The predicted molar refractivity (Wildman–Crippen MR) is 172 cm³/mol. The quantitative estimate of drug-likeness (QED) is 0.0979. The molecule has 246 valence electrons. The number of carboxylic acids is 1. The molecule has 3 aromatic rings. The minimum atomic E-state index is -1.23. The number of aromatic nitrogens is 3. The number of hydrogen-bond acceptors (Lipinski definition) is 7. The summed E-state index contributed by atoms with van der Waals surface area (Å²) in [7, 11) is 1.22. The zero-order chi connectivity index (χ0) is 34.3. The normalized spacial score (nSPS) is 18.2. The molecule has 12 heteroatoms. The second-order valence-corrected chi connectivity index (χ2v) is 12.0. The number of ketones is 1. The first-order valence-electron chi connectivity index (χ1n) is 15.3. The van der Waals surface area contributed by atoms with E-state index in [-0.39, 0.29) is 25.4 Å². The molecule has 0 saturated heterocycles. The first kappa shape index (κ1) is 33.1. The number of carboxylic acid groups (broad SMARTS) is 1. The number of methoxy groups -OCH3 is 1. The van der Waals surface area contributed by atoms with Crippen LogP contribution in [0.25, 0.3) is 6.08 Å². The number of amides is 1. The van der Waals surface area contributed by atoms with Crippen molar-refractivity contribution in [1.82, 2.24) is 20.3 Å². The summed E-state index contributed by atoms with van der Waals surface area (Å²) in [5, 5.41) is 22.1. The van der Waals surface area contributed by atoms with E-state index in [0.29, 0.717) is 80.4 Å². The molecule has 0 fully saturated rings. The number of aromatic amines is 3. The van der Waals surface area contributed by atoms with Crippen molar-refractivity contribution in [3.8, 4) is 0 Å². The van der Waals surface area contributed by atoms with Gasteiger partial charge >= 0.3 is 11.9 Å². The van der Waals surface area contributed by atoms with Crippen molar-refractivity contribution in [2.24, 2.45) is 5.92 Å². The Bertz CT molecular complexity index is 1910. The molecule has 5 rings (SSSR count). The maximum absolute atomic E-state index is 14.0. The lowest BCUT2D eigenvalue weighted by molar-refractivity contribution is -0.144. The third kappa shape index (κ3) is 5.58. The lowest BCUT2D eigenvalue weighted by Gasteiger charge is -2.19. The van der Waals surface area contributed by atoms with Crippen molar-refractivity contribution < 1.29 is 38.9 Å². The van der Waals surface area contributed by atoms with Gasteiger partial charge in [-0.3, -0.25) is 24.0 Å². The van der Waals surface area contributed by atoms with Crippen molar-refractivity contribution in [2.45, 2.75) is 59.3 Å². The fraction of sp³-hybridized carbons (Fsp3) is 0.343. The van der Waals surface area contributed by atoms with Gasteiger partial charge in [-0.2, -0.15) is 0 Å². The maximum Gasteiger partial charge on any atom is 0.317 e. The summed E-state index contributed by atoms with van der Waals surface area (Å²) >= 11 is 0. The molecule has 3 aromatic heterocycles. The van der Waals surface area contributed by atoms with Crippen LogP contribution in [0, 0.1) is 26.7 Å². The Hall–Kier alpha value is -5.23. The lowest BCUT2D eigenvalue weighted by atomic mass is 9.87. The number of Topliss-reactive ketones (excluding diaryl/α,β-unsaturated/α-hetero) is 1. The van der Waals surface area contributed by atoms with Crippen LogP contribution in [-0.4, -0.2) is 68.8 Å². The first-order valence-corrected chi connectivity index (χ1v) is 15.3. The molecule has 47 heavy (non-hydrogen) atoms. The Balaban J connectivity index is 1.68. The van der Waals surface area contributed by atoms with Crippen LogP contribution in [0.4, 0.5) is 0 Å². The third-order valence-electron chi connectivity index (χ3n) is 9.50. The molecular formula is C35H38N4O8. The number of rotatable bonds is 12. The van der Waals surface area contributed by atoms with Gasteiger partial charge in [-0.1, -0.05) is 12.7 Å². The van der Waals surface area contributed by atoms with E-state index in [0.717, 1.165) is 23.1 Å². The molecule has 2 atom stereocenters. The number of aliphatic hydroxyl groups excluding tert-OH is 1. The Morgan fingerprint density at radius 2 is 1.64 bits per heavy atom. The highest BCUT2D eigenvalue weighted by Crippen LogP contribution is 2.47. The molecule has 4 heterocycles. The van der Waals surface area contributed by atoms with Crippen LogP contribution in [0.3, 0.4) is 0 Å². The summed E-state index contributed by atoms with van der Waals surface area (Å²) in [6.07, 6.45) is 4.54. The molecule has 1 aliphatic heterocycles. The number of hydrogen-bond donors (Lipinski definition) is 6. The van der Waals surface area contributed by atoms with Crippen LogP contribution < -0.4 is 5.32 Å². The minimum Gasteiger partial charge on any atom is -0.481 e. The van der Waals surface area contributed by atoms with Gasteiger partial charge in [-0.05, 0) is 80.0 Å². The van der Waals surface area contributed by atoms with Gasteiger partial charge in [0.2, 0.25) is 0 Å². The van der Waals surface area contributed by atoms with Crippen molar-refractivity contribution in [1.29, 1.82) is 0 Å². The SMILES string of the molecule is C=CC1=C(C)/C(=C/c2[nH]c(C3c4[nH]c(Cc5[nH]c(C=O)c(C)c5CCO)c(C)c4C(=O)[C@H]3C(=O)OC)c(CCC(=O)O)c2C)NC1=O. The molecule has 0 saturated carbocycles. The summed E-state index contributed by atoms with van der Waals surface area (Å²) < 4.78 is 5.11. The molecule has 6 N–H and O–H groups in total. The number of H-pyrrole nitrogens is 3. The summed E-state index contributed by atoms with van der Waals surface area (Å²) in [6.45, 7) is 10.8. The molecule has 0 spiro atoms. The summed E-state index contributed by atoms with van der Waals surface area (Å²) in [4.78, 5) is 73.1. The second-order valence-electron chi connectivity index (χ2n) is 12.0. The number of esters is 1. The van der Waals surface area contributed by atoms with Crippen molar-refractivity contribution in [3.05, 3.63) is 97.0 Å². The van der Waals surface area contributed by atoms with Crippen molar-refractivity contribution in [2.75, 3.05) is 13.7 Å². The number of ether oxygens (including phenoxy) is 1. The standard InChI is InChI=1S/C35H38N4O8/c1-7-19-15(2)23(39-34(19)45)12-22-17(4)21(8-9-27(42)43)31(37-22)29-30(35(46)47-6)33(44)28-18(5)24(38-32(28)29)13-25-20(10-11-40)16(3)26(14-41)36-25/h7,12,14,29-30,36-38,40H,1,8-11,13H2,2-6H3,(H,39,45)(H,42,43)/b23-12-/t29?,30-/m0/s1. The number of nitrogens with one attached hydrogen (secondary N) is 4. The number of carbonyl (C=O) groups excluding carboxylic acids is 4. The van der Waals surface area contributed by atoms with Crippen LogP contribution in [0.15, 0.2) is 29.5 Å². The van der Waals surface area contributed by atoms with Crippen molar-refractivity contribution >= 4 is 36.0 Å². The molecule has 12 nitrogen and oxygen atoms in total. The average molecular weight is 643 g/mol. The molecule has 1 amide bonds. The summed E-state index contributed by atoms with van der Waals surface area (Å²) in [6, 6.07) is 0. The molecule has 1 aliphatic carbocycles. The van der Waals surface area contributed by atoms with E-state index in [1.54, 1.807) is 19.9 Å². The number of aliphatic hydroxyl groups is 1. The highest BCUT2D eigenvalue weighted by Gasteiger charge is 2.50. The van der Waals surface area contributed by atoms with E-state index in [1.807, 2.05) is 13.8 Å². The fourth-order valence-corrected chi connectivity index (χ4v) is 6.95. The van der Waals surface area contributed by atoms with Crippen molar-refractivity contribution in [3.63, 3.8) is 0 Å². The monoisotopic (exact) mass is 642 g/mol. The lowest BCUT2D eigenvalue weighted by Crippen LogP contribution is -2.27.